The normalized spacial score (nSPS) is 15.8. The fourth-order valence-corrected chi connectivity index (χ4v) is 2.25. The van der Waals surface area contributed by atoms with Gasteiger partial charge in [0.2, 0.25) is 0 Å². The summed E-state index contributed by atoms with van der Waals surface area (Å²) in [6.45, 7) is 3.05. The molecule has 0 spiro atoms. The van der Waals surface area contributed by atoms with E-state index in [2.05, 4.69) is 9.88 Å². The van der Waals surface area contributed by atoms with Crippen molar-refractivity contribution >= 4 is 11.9 Å². The molecule has 7 nitrogen and oxygen atoms in total. The Morgan fingerprint density at radius 1 is 1.33 bits per heavy atom. The lowest BCUT2D eigenvalue weighted by atomic mass is 10.2. The summed E-state index contributed by atoms with van der Waals surface area (Å²) in [6, 6.07) is 3.32. The predicted octanol–water partition coefficient (Wildman–Crippen LogP) is 0.323. The first-order valence-electron chi connectivity index (χ1n) is 6.83. The molecular weight excluding hydrogens is 274 g/mol. The molecule has 0 radical (unpaired) electrons. The van der Waals surface area contributed by atoms with E-state index in [4.69, 9.17) is 9.84 Å². The summed E-state index contributed by atoms with van der Waals surface area (Å²) >= 11 is 0. The zero-order valence-corrected chi connectivity index (χ0v) is 12.0. The predicted molar refractivity (Wildman–Crippen MR) is 75.4 cm³/mol. The highest BCUT2D eigenvalue weighted by Gasteiger charge is 2.23. The minimum absolute atomic E-state index is 0.119. The number of hydrogen-bond donors (Lipinski definition) is 1. The summed E-state index contributed by atoms with van der Waals surface area (Å²) in [7, 11) is 1.55. The van der Waals surface area contributed by atoms with E-state index in [9.17, 15) is 9.59 Å². The molecule has 7 heteroatoms. The van der Waals surface area contributed by atoms with Gasteiger partial charge in [-0.05, 0) is 6.07 Å². The highest BCUT2D eigenvalue weighted by Crippen LogP contribution is 2.13. The van der Waals surface area contributed by atoms with E-state index in [0.717, 1.165) is 0 Å². The van der Waals surface area contributed by atoms with Gasteiger partial charge >= 0.3 is 5.97 Å². The fraction of sp³-hybridized carbons (Fsp3) is 0.500. The summed E-state index contributed by atoms with van der Waals surface area (Å²) in [5.41, 5.74) is 0.369. The summed E-state index contributed by atoms with van der Waals surface area (Å²) in [4.78, 5) is 30.8. The second-order valence-electron chi connectivity index (χ2n) is 4.86. The van der Waals surface area contributed by atoms with Crippen molar-refractivity contribution < 1.29 is 19.4 Å². The van der Waals surface area contributed by atoms with Gasteiger partial charge < -0.3 is 14.7 Å². The van der Waals surface area contributed by atoms with Crippen molar-refractivity contribution in [2.45, 2.75) is 6.42 Å². The van der Waals surface area contributed by atoms with Gasteiger partial charge in [0.15, 0.2) is 0 Å². The van der Waals surface area contributed by atoms with Crippen LogP contribution in [0.25, 0.3) is 0 Å². The largest absolute Gasteiger partial charge is 0.497 e. The lowest BCUT2D eigenvalue weighted by Gasteiger charge is -2.34. The van der Waals surface area contributed by atoms with Gasteiger partial charge in [-0.15, -0.1) is 0 Å². The van der Waals surface area contributed by atoms with Gasteiger partial charge in [0.05, 0.1) is 13.5 Å². The van der Waals surface area contributed by atoms with E-state index in [1.54, 1.807) is 30.3 Å². The zero-order chi connectivity index (χ0) is 15.2. The Morgan fingerprint density at radius 2 is 2.05 bits per heavy atom. The molecule has 0 unspecified atom stereocenters. The van der Waals surface area contributed by atoms with Crippen molar-refractivity contribution in [2.24, 2.45) is 0 Å². The summed E-state index contributed by atoms with van der Waals surface area (Å²) in [5.74, 6) is -0.311. The Labute approximate surface area is 123 Å². The third-order valence-electron chi connectivity index (χ3n) is 3.49. The van der Waals surface area contributed by atoms with Gasteiger partial charge in [-0.1, -0.05) is 0 Å². The number of hydrogen-bond acceptors (Lipinski definition) is 5. The number of ether oxygens (including phenoxy) is 1. The molecule has 1 fully saturated rings. The number of rotatable bonds is 5. The molecule has 2 rings (SSSR count). The molecule has 1 aliphatic heterocycles. The molecule has 21 heavy (non-hydrogen) atoms. The van der Waals surface area contributed by atoms with Crippen LogP contribution in [0.3, 0.4) is 0 Å². The third-order valence-corrected chi connectivity index (χ3v) is 3.49. The molecule has 2 heterocycles. The van der Waals surface area contributed by atoms with E-state index in [-0.39, 0.29) is 12.3 Å². The summed E-state index contributed by atoms with van der Waals surface area (Å²) in [6.07, 6.45) is 1.68. The molecular formula is C14H19N3O4. The highest BCUT2D eigenvalue weighted by molar-refractivity contribution is 5.92. The number of nitrogens with zero attached hydrogens (tertiary/aromatic N) is 3. The summed E-state index contributed by atoms with van der Waals surface area (Å²) < 4.78 is 5.09. The van der Waals surface area contributed by atoms with Gasteiger partial charge in [-0.2, -0.15) is 0 Å². The van der Waals surface area contributed by atoms with Gasteiger partial charge in [0, 0.05) is 45.0 Å². The first-order valence-corrected chi connectivity index (χ1v) is 6.83. The first kappa shape index (κ1) is 15.2. The Morgan fingerprint density at radius 3 is 2.67 bits per heavy atom. The van der Waals surface area contributed by atoms with Crippen LogP contribution in [0.5, 0.6) is 5.75 Å². The lowest BCUT2D eigenvalue weighted by Crippen LogP contribution is -2.49. The quantitative estimate of drug-likeness (QED) is 0.842. The number of pyridine rings is 1. The van der Waals surface area contributed by atoms with Gasteiger partial charge in [0.25, 0.3) is 5.91 Å². The molecule has 1 N–H and O–H groups in total. The first-order chi connectivity index (χ1) is 10.1. The van der Waals surface area contributed by atoms with Gasteiger partial charge in [-0.3, -0.25) is 19.5 Å². The minimum Gasteiger partial charge on any atom is -0.497 e. The number of aromatic nitrogens is 1. The van der Waals surface area contributed by atoms with E-state index in [1.807, 2.05) is 0 Å². The van der Waals surface area contributed by atoms with Crippen molar-refractivity contribution in [3.63, 3.8) is 0 Å². The van der Waals surface area contributed by atoms with E-state index < -0.39 is 5.97 Å². The Balaban J connectivity index is 1.89. The molecule has 1 aromatic rings. The molecule has 0 bridgehead atoms. The van der Waals surface area contributed by atoms with Crippen LogP contribution < -0.4 is 4.74 Å². The highest BCUT2D eigenvalue weighted by atomic mass is 16.5. The number of carbonyl (C=O) groups is 2. The fourth-order valence-electron chi connectivity index (χ4n) is 2.25. The molecule has 114 valence electrons. The van der Waals surface area contributed by atoms with Crippen LogP contribution in [0.2, 0.25) is 0 Å². The number of aliphatic carboxylic acids is 1. The maximum Gasteiger partial charge on any atom is 0.304 e. The Bertz CT molecular complexity index is 513. The lowest BCUT2D eigenvalue weighted by molar-refractivity contribution is -0.137. The molecule has 1 aromatic heterocycles. The number of piperazine rings is 1. The Kier molecular flexibility index (Phi) is 5.10. The number of amides is 1. The Hall–Kier alpha value is -2.15. The number of carbonyl (C=O) groups excluding carboxylic acids is 1. The number of carboxylic acids is 1. The number of carboxylic acid groups (broad SMARTS) is 1. The third kappa shape index (κ3) is 4.16. The maximum atomic E-state index is 12.3. The van der Waals surface area contributed by atoms with Crippen LogP contribution >= 0.6 is 0 Å². The van der Waals surface area contributed by atoms with Crippen molar-refractivity contribution in [1.29, 1.82) is 0 Å². The van der Waals surface area contributed by atoms with Crippen LogP contribution in [0.15, 0.2) is 18.3 Å². The average molecular weight is 293 g/mol. The molecule has 0 saturated carbocycles. The van der Waals surface area contributed by atoms with Crippen molar-refractivity contribution in [3.05, 3.63) is 24.0 Å². The number of methoxy groups -OCH3 is 1. The van der Waals surface area contributed by atoms with E-state index in [1.165, 1.54) is 0 Å². The van der Waals surface area contributed by atoms with Crippen LogP contribution in [0.1, 0.15) is 16.9 Å². The monoisotopic (exact) mass is 293 g/mol. The topological polar surface area (TPSA) is 83.0 Å². The van der Waals surface area contributed by atoms with E-state index >= 15 is 0 Å². The summed E-state index contributed by atoms with van der Waals surface area (Å²) in [5, 5.41) is 8.67. The average Bonchev–Trinajstić information content (AvgIpc) is 2.52. The molecule has 0 atom stereocenters. The molecule has 1 aliphatic rings. The minimum atomic E-state index is -0.797. The molecule has 0 aliphatic carbocycles. The molecule has 1 amide bonds. The molecule has 0 aromatic carbocycles. The van der Waals surface area contributed by atoms with Crippen molar-refractivity contribution in [3.8, 4) is 5.75 Å². The van der Waals surface area contributed by atoms with Crippen LogP contribution in [0.4, 0.5) is 0 Å². The SMILES string of the molecule is COc1ccnc(C(=O)N2CCN(CCC(=O)O)CC2)c1. The van der Waals surface area contributed by atoms with Crippen LogP contribution in [-0.2, 0) is 4.79 Å². The standard InChI is InChI=1S/C14H19N3O4/c1-21-11-2-4-15-12(10-11)14(20)17-8-6-16(7-9-17)5-3-13(18)19/h2,4,10H,3,5-9H2,1H3,(H,18,19). The second-order valence-corrected chi connectivity index (χ2v) is 4.86. The van der Waals surface area contributed by atoms with Crippen molar-refractivity contribution in [1.82, 2.24) is 14.8 Å². The van der Waals surface area contributed by atoms with Crippen LogP contribution in [0, 0.1) is 0 Å². The smallest absolute Gasteiger partial charge is 0.304 e. The van der Waals surface area contributed by atoms with Crippen LogP contribution in [-0.4, -0.2) is 71.6 Å². The second kappa shape index (κ2) is 7.03. The van der Waals surface area contributed by atoms with Gasteiger partial charge in [-0.25, -0.2) is 0 Å². The zero-order valence-electron chi connectivity index (χ0n) is 12.0. The maximum absolute atomic E-state index is 12.3. The van der Waals surface area contributed by atoms with E-state index in [0.29, 0.717) is 44.2 Å². The van der Waals surface area contributed by atoms with Gasteiger partial charge in [0.1, 0.15) is 11.4 Å². The molecule has 1 saturated heterocycles. The van der Waals surface area contributed by atoms with Crippen molar-refractivity contribution in [2.75, 3.05) is 39.8 Å².